The van der Waals surface area contributed by atoms with Crippen molar-refractivity contribution in [3.8, 4) is 0 Å². The first-order chi connectivity index (χ1) is 25.9. The van der Waals surface area contributed by atoms with E-state index in [1.165, 1.54) is 25.8 Å². The highest BCUT2D eigenvalue weighted by atomic mass is 35.5. The van der Waals surface area contributed by atoms with Crippen LogP contribution in [0.4, 0.5) is 5.82 Å². The lowest BCUT2D eigenvalue weighted by Gasteiger charge is -2.43. The van der Waals surface area contributed by atoms with Crippen molar-refractivity contribution in [2.75, 3.05) is 44.2 Å². The van der Waals surface area contributed by atoms with Gasteiger partial charge >= 0.3 is 11.9 Å². The van der Waals surface area contributed by atoms with Crippen molar-refractivity contribution < 1.29 is 19.8 Å². The molecule has 3 N–H and O–H groups in total. The molecular formula is C40H60Cl4N8O4. The van der Waals surface area contributed by atoms with Crippen LogP contribution in [-0.4, -0.2) is 115 Å². The van der Waals surface area contributed by atoms with Gasteiger partial charge in [-0.05, 0) is 121 Å². The molecule has 3 unspecified atom stereocenters. The molecule has 0 bridgehead atoms. The number of fused-ring (bicyclic) bond motifs is 1. The molecule has 4 aliphatic rings. The third-order valence-electron chi connectivity index (χ3n) is 12.3. The summed E-state index contributed by atoms with van der Waals surface area (Å²) in [6, 6.07) is 7.42. The van der Waals surface area contributed by atoms with E-state index in [9.17, 15) is 9.59 Å². The van der Waals surface area contributed by atoms with Gasteiger partial charge < -0.3 is 20.4 Å². The zero-order valence-electron chi connectivity index (χ0n) is 33.1. The van der Waals surface area contributed by atoms with E-state index in [-0.39, 0.29) is 37.3 Å². The summed E-state index contributed by atoms with van der Waals surface area (Å²) >= 11 is 12.6. The summed E-state index contributed by atoms with van der Waals surface area (Å²) in [6.45, 7) is 14.8. The number of hydrogen-bond donors (Lipinski definition) is 3. The summed E-state index contributed by atoms with van der Waals surface area (Å²) < 4.78 is 1.91. The van der Waals surface area contributed by atoms with Crippen molar-refractivity contribution in [1.82, 2.24) is 34.9 Å². The molecule has 312 valence electrons. The third-order valence-corrected chi connectivity index (χ3v) is 12.9. The van der Waals surface area contributed by atoms with Crippen LogP contribution in [0, 0.1) is 18.8 Å². The first-order valence-corrected chi connectivity index (χ1v) is 20.7. The highest BCUT2D eigenvalue weighted by Crippen LogP contribution is 2.35. The number of aliphatic carboxylic acids is 2. The van der Waals surface area contributed by atoms with E-state index in [4.69, 9.17) is 48.5 Å². The van der Waals surface area contributed by atoms with Gasteiger partial charge in [0.1, 0.15) is 11.3 Å². The van der Waals surface area contributed by atoms with Crippen LogP contribution >= 0.6 is 48.0 Å². The number of likely N-dealkylation sites (tertiary alicyclic amines) is 2. The molecule has 3 aromatic rings. The molecule has 0 spiro atoms. The van der Waals surface area contributed by atoms with E-state index in [1.807, 2.05) is 29.9 Å². The molecule has 2 aromatic heterocycles. The van der Waals surface area contributed by atoms with Crippen molar-refractivity contribution in [3.05, 3.63) is 45.7 Å². The van der Waals surface area contributed by atoms with Crippen LogP contribution in [-0.2, 0) is 9.59 Å². The second-order valence-corrected chi connectivity index (χ2v) is 16.9. The Balaban J connectivity index is 0.000000309. The Kier molecular flexibility index (Phi) is 17.3. The summed E-state index contributed by atoms with van der Waals surface area (Å²) in [4.78, 5) is 39.1. The predicted octanol–water partition coefficient (Wildman–Crippen LogP) is 7.75. The number of carboxylic acid groups (broad SMARTS) is 2. The van der Waals surface area contributed by atoms with Gasteiger partial charge in [-0.3, -0.25) is 19.4 Å². The quantitative estimate of drug-likeness (QED) is 0.175. The van der Waals surface area contributed by atoms with Gasteiger partial charge in [0.15, 0.2) is 5.65 Å². The number of hydrogen-bond acceptors (Lipinski definition) is 9. The lowest BCUT2D eigenvalue weighted by molar-refractivity contribution is -0.138. The lowest BCUT2D eigenvalue weighted by atomic mass is 9.91. The molecule has 4 fully saturated rings. The number of piperidine rings is 2. The maximum atomic E-state index is 11.1. The largest absolute Gasteiger partial charge is 0.481 e. The average molecular weight is 859 g/mol. The molecule has 4 saturated heterocycles. The third kappa shape index (κ3) is 11.0. The standard InChI is InChI=1S/C27H34Cl2N6O2.C13H24N2O2.2ClH/c1-16-15-33(12-10-23(16)34-11-4-5-20(34)7-9-25(36)37)24-14-30-26-17(2)32-35(27(26)31-24)18(3)21-8-6-19(28)13-22(21)29;1-10-9-14-7-6-12(10)15-8-2-3-11(15)4-5-13(16)17;;/h6,8,13-14,16,18,20,23H,4-5,7,9-12,15H2,1-3H3,(H,36,37);10-12,14H,2-9H2,1H3,(H,16,17);2*1H/t16-,18-,20+,23?;10?,11-,12?;;/m10../s1. The van der Waals surface area contributed by atoms with E-state index in [1.54, 1.807) is 6.07 Å². The topological polar surface area (TPSA) is 140 Å². The maximum Gasteiger partial charge on any atom is 0.303 e. The number of aromatic nitrogens is 4. The molecule has 4 aliphatic heterocycles. The van der Waals surface area contributed by atoms with Gasteiger partial charge in [0.05, 0.1) is 17.9 Å². The Morgan fingerprint density at radius 2 is 1.54 bits per heavy atom. The molecule has 0 aliphatic carbocycles. The smallest absolute Gasteiger partial charge is 0.303 e. The first kappa shape index (κ1) is 46.2. The molecule has 7 atom stereocenters. The maximum absolute atomic E-state index is 11.1. The normalized spacial score (nSPS) is 26.2. The number of carboxylic acids is 2. The minimum absolute atomic E-state index is 0. The van der Waals surface area contributed by atoms with Gasteiger partial charge in [0.25, 0.3) is 0 Å². The van der Waals surface area contributed by atoms with Crippen LogP contribution in [0.3, 0.4) is 0 Å². The number of nitrogens with one attached hydrogen (secondary N) is 1. The van der Waals surface area contributed by atoms with Crippen molar-refractivity contribution in [2.45, 2.75) is 122 Å². The van der Waals surface area contributed by atoms with E-state index in [0.29, 0.717) is 52.5 Å². The highest BCUT2D eigenvalue weighted by Gasteiger charge is 2.38. The SMILES string of the molecule is CC1CNCCC1N1CCC[C@H]1CCC(=O)O.Cc1nn([C@H](C)c2ccc(Cl)cc2Cl)c2nc(N3CCC(N4CCC[C@H]4CCC(=O)O)[C@H](C)C3)cnc12.Cl.Cl. The molecule has 1 aromatic carbocycles. The summed E-state index contributed by atoms with van der Waals surface area (Å²) in [5.41, 5.74) is 3.30. The minimum Gasteiger partial charge on any atom is -0.481 e. The predicted molar refractivity (Wildman–Crippen MR) is 228 cm³/mol. The second-order valence-electron chi connectivity index (χ2n) is 16.0. The van der Waals surface area contributed by atoms with Crippen LogP contribution < -0.4 is 10.2 Å². The van der Waals surface area contributed by atoms with E-state index >= 15 is 0 Å². The van der Waals surface area contributed by atoms with Crippen LogP contribution in [0.5, 0.6) is 0 Å². The number of halogens is 4. The van der Waals surface area contributed by atoms with Gasteiger partial charge in [-0.1, -0.05) is 43.1 Å². The van der Waals surface area contributed by atoms with Gasteiger partial charge in [-0.15, -0.1) is 24.8 Å². The van der Waals surface area contributed by atoms with Gasteiger partial charge in [0.2, 0.25) is 0 Å². The summed E-state index contributed by atoms with van der Waals surface area (Å²) in [6.07, 6.45) is 10.9. The summed E-state index contributed by atoms with van der Waals surface area (Å²) in [7, 11) is 0. The van der Waals surface area contributed by atoms with Crippen molar-refractivity contribution in [2.24, 2.45) is 11.8 Å². The van der Waals surface area contributed by atoms with Gasteiger partial charge in [-0.2, -0.15) is 5.10 Å². The van der Waals surface area contributed by atoms with E-state index < -0.39 is 11.9 Å². The fraction of sp³-hybridized carbons (Fsp3) is 0.675. The van der Waals surface area contributed by atoms with Gasteiger partial charge in [-0.25, -0.2) is 14.6 Å². The zero-order chi connectivity index (χ0) is 38.5. The van der Waals surface area contributed by atoms with E-state index in [2.05, 4.69) is 40.8 Å². The van der Waals surface area contributed by atoms with E-state index in [0.717, 1.165) is 93.1 Å². The molecule has 0 saturated carbocycles. The highest BCUT2D eigenvalue weighted by molar-refractivity contribution is 6.35. The first-order valence-electron chi connectivity index (χ1n) is 20.0. The molecule has 7 rings (SSSR count). The molecule has 56 heavy (non-hydrogen) atoms. The number of carbonyl (C=O) groups is 2. The molecule has 0 radical (unpaired) electrons. The average Bonchev–Trinajstić information content (AvgIpc) is 3.89. The number of aryl methyl sites for hydroxylation is 1. The van der Waals surface area contributed by atoms with Crippen molar-refractivity contribution >= 4 is 76.9 Å². The molecule has 6 heterocycles. The summed E-state index contributed by atoms with van der Waals surface area (Å²) in [5.74, 6) is 0.627. The fourth-order valence-electron chi connectivity index (χ4n) is 9.55. The molecule has 0 amide bonds. The van der Waals surface area contributed by atoms with Crippen molar-refractivity contribution in [3.63, 3.8) is 0 Å². The monoisotopic (exact) mass is 856 g/mol. The molecule has 16 heteroatoms. The Hall–Kier alpha value is -2.45. The molecule has 12 nitrogen and oxygen atoms in total. The Morgan fingerprint density at radius 1 is 0.911 bits per heavy atom. The lowest BCUT2D eigenvalue weighted by Crippen LogP contribution is -2.52. The number of anilines is 1. The Morgan fingerprint density at radius 3 is 2.11 bits per heavy atom. The summed E-state index contributed by atoms with van der Waals surface area (Å²) in [5, 5.41) is 27.3. The minimum atomic E-state index is -0.703. The molecular weight excluding hydrogens is 798 g/mol. The second kappa shape index (κ2) is 21.0. The van der Waals surface area contributed by atoms with Crippen molar-refractivity contribution in [1.29, 1.82) is 0 Å². The fourth-order valence-corrected chi connectivity index (χ4v) is 10.1. The number of nitrogens with zero attached hydrogens (tertiary/aromatic N) is 7. The van der Waals surface area contributed by atoms with Crippen LogP contribution in [0.2, 0.25) is 10.0 Å². The van der Waals surface area contributed by atoms with Gasteiger partial charge in [0, 0.05) is 60.1 Å². The number of rotatable bonds is 11. The zero-order valence-corrected chi connectivity index (χ0v) is 36.2. The number of benzene rings is 1. The Bertz CT molecular complexity index is 1770. The van der Waals surface area contributed by atoms with Crippen LogP contribution in [0.15, 0.2) is 24.4 Å². The van der Waals surface area contributed by atoms with Crippen LogP contribution in [0.25, 0.3) is 11.2 Å². The van der Waals surface area contributed by atoms with Crippen LogP contribution in [0.1, 0.15) is 102 Å². The Labute approximate surface area is 353 Å².